The van der Waals surface area contributed by atoms with Crippen LogP contribution in [-0.4, -0.2) is 32.5 Å². The number of amides is 1. The van der Waals surface area contributed by atoms with Gasteiger partial charge in [-0.15, -0.1) is 0 Å². The Labute approximate surface area is 163 Å². The monoisotopic (exact) mass is 371 g/mol. The number of carbonyl (C=O) groups excluding carboxylic acids is 1. The summed E-state index contributed by atoms with van der Waals surface area (Å²) in [7, 11) is 1.78. The van der Waals surface area contributed by atoms with Gasteiger partial charge in [0.05, 0.1) is 12.0 Å². The summed E-state index contributed by atoms with van der Waals surface area (Å²) >= 11 is 0. The van der Waals surface area contributed by atoms with Gasteiger partial charge in [-0.05, 0) is 18.6 Å². The van der Waals surface area contributed by atoms with Gasteiger partial charge >= 0.3 is 0 Å². The zero-order valence-corrected chi connectivity index (χ0v) is 15.9. The second-order valence-corrected chi connectivity index (χ2v) is 6.55. The average molecular weight is 371 g/mol. The van der Waals surface area contributed by atoms with E-state index >= 15 is 0 Å². The molecule has 2 heterocycles. The number of hydrogen-bond acceptors (Lipinski definition) is 4. The van der Waals surface area contributed by atoms with Crippen molar-refractivity contribution in [1.29, 1.82) is 0 Å². The number of fused-ring (bicyclic) bond motifs is 1. The number of benzene rings is 2. The summed E-state index contributed by atoms with van der Waals surface area (Å²) in [4.78, 5) is 28.3. The Balaban J connectivity index is 1.71. The maximum absolute atomic E-state index is 12.8. The first-order valence-electron chi connectivity index (χ1n) is 9.26. The van der Waals surface area contributed by atoms with Crippen LogP contribution in [0.25, 0.3) is 22.6 Å². The molecule has 0 fully saturated rings. The van der Waals surface area contributed by atoms with Crippen LogP contribution in [0.3, 0.4) is 0 Å². The first-order chi connectivity index (χ1) is 13.7. The molecule has 0 spiro atoms. The Morgan fingerprint density at radius 2 is 1.68 bits per heavy atom. The molecule has 6 nitrogen and oxygen atoms in total. The van der Waals surface area contributed by atoms with Gasteiger partial charge in [0.2, 0.25) is 5.91 Å². The summed E-state index contributed by atoms with van der Waals surface area (Å²) in [6.45, 7) is 2.21. The van der Waals surface area contributed by atoms with Gasteiger partial charge in [0.1, 0.15) is 12.1 Å². The highest BCUT2D eigenvalue weighted by Crippen LogP contribution is 2.22. The number of likely N-dealkylation sites (N-methyl/N-ethyl adjacent to an activating group) is 1. The van der Waals surface area contributed by atoms with Crippen LogP contribution >= 0.6 is 0 Å². The van der Waals surface area contributed by atoms with Gasteiger partial charge in [-0.2, -0.15) is 0 Å². The Hall–Kier alpha value is -3.54. The van der Waals surface area contributed by atoms with Crippen molar-refractivity contribution in [1.82, 2.24) is 19.5 Å². The van der Waals surface area contributed by atoms with Crippen LogP contribution in [0.2, 0.25) is 0 Å². The lowest BCUT2D eigenvalue weighted by Gasteiger charge is -2.17. The lowest BCUT2D eigenvalue weighted by molar-refractivity contribution is -0.118. The molecule has 0 N–H and O–H groups in total. The Morgan fingerprint density at radius 1 is 1.00 bits per heavy atom. The summed E-state index contributed by atoms with van der Waals surface area (Å²) < 4.78 is 1.80. The second kappa shape index (κ2) is 7.60. The molecule has 4 aromatic rings. The maximum atomic E-state index is 12.8. The van der Waals surface area contributed by atoms with Crippen LogP contribution in [0.1, 0.15) is 12.6 Å². The predicted octanol–water partition coefficient (Wildman–Crippen LogP) is 3.72. The summed E-state index contributed by atoms with van der Waals surface area (Å²) in [5.74, 6) is 0.610. The minimum atomic E-state index is -0.0385. The van der Waals surface area contributed by atoms with Crippen LogP contribution in [-0.2, 0) is 17.8 Å². The lowest BCUT2D eigenvalue weighted by Crippen LogP contribution is -2.29. The van der Waals surface area contributed by atoms with Crippen molar-refractivity contribution < 1.29 is 4.79 Å². The Bertz CT molecular complexity index is 1110. The molecule has 28 heavy (non-hydrogen) atoms. The third-order valence-corrected chi connectivity index (χ3v) is 4.73. The predicted molar refractivity (Wildman–Crippen MR) is 110 cm³/mol. The molecule has 0 saturated carbocycles. The summed E-state index contributed by atoms with van der Waals surface area (Å²) in [6.07, 6.45) is 2.41. The highest BCUT2D eigenvalue weighted by Gasteiger charge is 2.17. The summed E-state index contributed by atoms with van der Waals surface area (Å²) in [5, 5.41) is 0. The molecule has 0 radical (unpaired) electrons. The van der Waals surface area contributed by atoms with Crippen molar-refractivity contribution in [3.8, 4) is 11.4 Å². The minimum Gasteiger partial charge on any atom is -0.314 e. The van der Waals surface area contributed by atoms with Gasteiger partial charge in [-0.25, -0.2) is 15.0 Å². The van der Waals surface area contributed by atoms with Crippen molar-refractivity contribution >= 4 is 22.8 Å². The molecule has 0 aliphatic heterocycles. The molecule has 2 aromatic heterocycles. The fourth-order valence-electron chi connectivity index (χ4n) is 3.13. The number of anilines is 1. The molecule has 4 rings (SSSR count). The molecule has 0 aliphatic carbocycles. The Morgan fingerprint density at radius 3 is 2.36 bits per heavy atom. The molecule has 0 aliphatic rings. The van der Waals surface area contributed by atoms with E-state index in [-0.39, 0.29) is 12.5 Å². The van der Waals surface area contributed by atoms with Gasteiger partial charge in [0.25, 0.3) is 0 Å². The summed E-state index contributed by atoms with van der Waals surface area (Å²) in [6, 6.07) is 19.4. The van der Waals surface area contributed by atoms with Crippen molar-refractivity contribution in [2.24, 2.45) is 0 Å². The van der Waals surface area contributed by atoms with Gasteiger partial charge in [-0.1, -0.05) is 55.5 Å². The van der Waals surface area contributed by atoms with E-state index in [4.69, 9.17) is 4.98 Å². The van der Waals surface area contributed by atoms with Crippen molar-refractivity contribution in [3.63, 3.8) is 0 Å². The average Bonchev–Trinajstić information content (AvgIpc) is 3.16. The molecule has 1 amide bonds. The highest BCUT2D eigenvalue weighted by atomic mass is 16.2. The fourth-order valence-corrected chi connectivity index (χ4v) is 3.13. The van der Waals surface area contributed by atoms with E-state index in [1.54, 1.807) is 22.8 Å². The molecule has 0 atom stereocenters. The SMILES string of the molecule is CCc1nc(-c2ccccc2)nc2c1ncn2CC(=O)N(C)c1ccccc1. The minimum absolute atomic E-state index is 0.0385. The smallest absolute Gasteiger partial charge is 0.246 e. The van der Waals surface area contributed by atoms with E-state index in [1.807, 2.05) is 67.6 Å². The van der Waals surface area contributed by atoms with E-state index in [0.717, 1.165) is 28.9 Å². The second-order valence-electron chi connectivity index (χ2n) is 6.55. The van der Waals surface area contributed by atoms with E-state index in [1.165, 1.54) is 0 Å². The van der Waals surface area contributed by atoms with Crippen LogP contribution in [0.4, 0.5) is 5.69 Å². The molecule has 140 valence electrons. The van der Waals surface area contributed by atoms with E-state index in [9.17, 15) is 4.79 Å². The van der Waals surface area contributed by atoms with Crippen LogP contribution in [0.15, 0.2) is 67.0 Å². The summed E-state index contributed by atoms with van der Waals surface area (Å²) in [5.41, 5.74) is 4.11. The number of nitrogens with zero attached hydrogens (tertiary/aromatic N) is 5. The first-order valence-corrected chi connectivity index (χ1v) is 9.26. The molecule has 2 aromatic carbocycles. The zero-order chi connectivity index (χ0) is 19.5. The van der Waals surface area contributed by atoms with Crippen LogP contribution in [0.5, 0.6) is 0 Å². The van der Waals surface area contributed by atoms with Gasteiger partial charge in [-0.3, -0.25) is 4.79 Å². The maximum Gasteiger partial charge on any atom is 0.246 e. The Kier molecular flexibility index (Phi) is 4.85. The number of hydrogen-bond donors (Lipinski definition) is 0. The first kappa shape index (κ1) is 17.9. The third-order valence-electron chi connectivity index (χ3n) is 4.73. The van der Waals surface area contributed by atoms with Gasteiger partial charge in [0.15, 0.2) is 11.5 Å². The molecule has 0 bridgehead atoms. The van der Waals surface area contributed by atoms with E-state index in [2.05, 4.69) is 9.97 Å². The van der Waals surface area contributed by atoms with E-state index < -0.39 is 0 Å². The van der Waals surface area contributed by atoms with Crippen molar-refractivity contribution in [3.05, 3.63) is 72.7 Å². The molecule has 0 saturated heterocycles. The largest absolute Gasteiger partial charge is 0.314 e. The lowest BCUT2D eigenvalue weighted by atomic mass is 10.2. The standard InChI is InChI=1S/C22H21N5O/c1-3-18-20-22(25-21(24-18)16-10-6-4-7-11-16)27(15-23-20)14-19(28)26(2)17-12-8-5-9-13-17/h4-13,15H,3,14H2,1-2H3. The normalized spacial score (nSPS) is 10.9. The number of carbonyl (C=O) groups is 1. The van der Waals surface area contributed by atoms with Crippen molar-refractivity contribution in [2.45, 2.75) is 19.9 Å². The number of aromatic nitrogens is 4. The fraction of sp³-hybridized carbons (Fsp3) is 0.182. The third kappa shape index (κ3) is 3.36. The number of para-hydroxylation sites is 1. The molecular weight excluding hydrogens is 350 g/mol. The van der Waals surface area contributed by atoms with Gasteiger partial charge in [0, 0.05) is 18.3 Å². The van der Waals surface area contributed by atoms with Crippen molar-refractivity contribution in [2.75, 3.05) is 11.9 Å². The zero-order valence-electron chi connectivity index (χ0n) is 15.9. The molecule has 0 unspecified atom stereocenters. The molecular formula is C22H21N5O. The quantitative estimate of drug-likeness (QED) is 0.536. The van der Waals surface area contributed by atoms with E-state index in [0.29, 0.717) is 11.5 Å². The topological polar surface area (TPSA) is 63.9 Å². The molecule has 6 heteroatoms. The van der Waals surface area contributed by atoms with Crippen LogP contribution < -0.4 is 4.90 Å². The number of imidazole rings is 1. The van der Waals surface area contributed by atoms with Gasteiger partial charge < -0.3 is 9.47 Å². The number of rotatable bonds is 5. The number of aryl methyl sites for hydroxylation is 1. The van der Waals surface area contributed by atoms with Crippen LogP contribution in [0, 0.1) is 0 Å². The highest BCUT2D eigenvalue weighted by molar-refractivity contribution is 5.93.